The molecule has 4 unspecified atom stereocenters. The van der Waals surface area contributed by atoms with Crippen molar-refractivity contribution in [1.82, 2.24) is 9.80 Å². The van der Waals surface area contributed by atoms with Crippen molar-refractivity contribution in [3.8, 4) is 0 Å². The number of hydrogen-bond acceptors (Lipinski definition) is 6. The zero-order valence-electron chi connectivity index (χ0n) is 21.3. The van der Waals surface area contributed by atoms with Gasteiger partial charge in [0.2, 0.25) is 11.8 Å². The number of nitrogens with two attached hydrogens (primary N) is 2. The van der Waals surface area contributed by atoms with Crippen LogP contribution in [0.25, 0.3) is 0 Å². The van der Waals surface area contributed by atoms with Gasteiger partial charge in [-0.05, 0) is 49.7 Å². The van der Waals surface area contributed by atoms with E-state index in [2.05, 4.69) is 0 Å². The van der Waals surface area contributed by atoms with Crippen LogP contribution in [0.2, 0.25) is 0 Å². The number of hydrogen-bond donors (Lipinski definition) is 4. The number of carboxylic acids is 2. The van der Waals surface area contributed by atoms with Crippen molar-refractivity contribution in [1.29, 1.82) is 0 Å². The van der Waals surface area contributed by atoms with E-state index in [4.69, 9.17) is 21.7 Å². The van der Waals surface area contributed by atoms with Gasteiger partial charge in [-0.2, -0.15) is 0 Å². The number of likely N-dealkylation sites (tertiary alicyclic amines) is 2. The molecule has 2 amide bonds. The summed E-state index contributed by atoms with van der Waals surface area (Å²) in [6.07, 6.45) is 3.34. The van der Waals surface area contributed by atoms with E-state index in [1.165, 1.54) is 9.80 Å². The minimum atomic E-state index is -0.947. The summed E-state index contributed by atoms with van der Waals surface area (Å²) in [4.78, 5) is 49.3. The van der Waals surface area contributed by atoms with Crippen LogP contribution < -0.4 is 11.5 Å². The van der Waals surface area contributed by atoms with Crippen LogP contribution in [-0.4, -0.2) is 81.0 Å². The van der Waals surface area contributed by atoms with Gasteiger partial charge in [0.05, 0.1) is 12.1 Å². The Hall–Kier alpha value is -3.76. The predicted octanol–water partition coefficient (Wildman–Crippen LogP) is 1.26. The first-order valence-corrected chi connectivity index (χ1v) is 12.8. The molecule has 2 fully saturated rings. The molecule has 2 aromatic carbocycles. The standard InChI is InChI=1S/2C14H18N2O3/c2*15-11(9-10-5-2-1-3-6-10)13(17)16-8-4-7-12(16)14(18)19/h2*1-3,5-6,11-12H,4,7-9,15H2,(H,18,19). The Balaban J connectivity index is 0.000000211. The third-order valence-electron chi connectivity index (χ3n) is 6.87. The monoisotopic (exact) mass is 524 g/mol. The third kappa shape index (κ3) is 7.62. The van der Waals surface area contributed by atoms with Gasteiger partial charge in [-0.3, -0.25) is 9.59 Å². The van der Waals surface area contributed by atoms with Crippen molar-refractivity contribution in [3.63, 3.8) is 0 Å². The van der Waals surface area contributed by atoms with Crippen LogP contribution >= 0.6 is 0 Å². The van der Waals surface area contributed by atoms with Gasteiger partial charge in [0.1, 0.15) is 12.1 Å². The summed E-state index contributed by atoms with van der Waals surface area (Å²) >= 11 is 0. The van der Waals surface area contributed by atoms with Gasteiger partial charge in [-0.1, -0.05) is 60.7 Å². The number of carbonyl (C=O) groups excluding carboxylic acids is 2. The van der Waals surface area contributed by atoms with E-state index in [0.29, 0.717) is 38.8 Å². The molecule has 4 rings (SSSR count). The summed E-state index contributed by atoms with van der Waals surface area (Å²) in [6, 6.07) is 16.2. The second kappa shape index (κ2) is 13.7. The molecule has 0 aromatic heterocycles. The van der Waals surface area contributed by atoms with Gasteiger partial charge in [0.25, 0.3) is 0 Å². The molecule has 2 saturated heterocycles. The minimum absolute atomic E-state index is 0.270. The van der Waals surface area contributed by atoms with Crippen LogP contribution in [-0.2, 0) is 32.0 Å². The molecule has 0 spiro atoms. The van der Waals surface area contributed by atoms with Crippen molar-refractivity contribution in [3.05, 3.63) is 71.8 Å². The van der Waals surface area contributed by atoms with Gasteiger partial charge in [-0.15, -0.1) is 0 Å². The first-order valence-electron chi connectivity index (χ1n) is 12.8. The highest BCUT2D eigenvalue weighted by atomic mass is 16.4. The Morgan fingerprint density at radius 3 is 1.34 bits per heavy atom. The number of aliphatic carboxylic acids is 2. The molecule has 10 heteroatoms. The van der Waals surface area contributed by atoms with E-state index in [9.17, 15) is 19.2 Å². The van der Waals surface area contributed by atoms with Crippen LogP contribution in [0.5, 0.6) is 0 Å². The molecule has 6 N–H and O–H groups in total. The highest BCUT2D eigenvalue weighted by Gasteiger charge is 2.37. The fourth-order valence-corrected chi connectivity index (χ4v) is 4.91. The largest absolute Gasteiger partial charge is 0.480 e. The zero-order valence-corrected chi connectivity index (χ0v) is 21.3. The lowest BCUT2D eigenvalue weighted by Gasteiger charge is -2.24. The van der Waals surface area contributed by atoms with E-state index >= 15 is 0 Å². The number of benzene rings is 2. The molecule has 10 nitrogen and oxygen atoms in total. The highest BCUT2D eigenvalue weighted by molar-refractivity contribution is 5.88. The van der Waals surface area contributed by atoms with E-state index < -0.39 is 36.1 Å². The molecule has 2 heterocycles. The maximum absolute atomic E-state index is 12.2. The molecule has 0 saturated carbocycles. The number of carboxylic acid groups (broad SMARTS) is 2. The maximum atomic E-state index is 12.2. The molecule has 38 heavy (non-hydrogen) atoms. The van der Waals surface area contributed by atoms with Crippen LogP contribution in [0.3, 0.4) is 0 Å². The van der Waals surface area contributed by atoms with E-state index in [1.54, 1.807) is 0 Å². The first kappa shape index (κ1) is 28.8. The molecule has 0 aliphatic carbocycles. The van der Waals surface area contributed by atoms with E-state index in [1.807, 2.05) is 60.7 Å². The zero-order chi connectivity index (χ0) is 27.7. The highest BCUT2D eigenvalue weighted by Crippen LogP contribution is 2.20. The third-order valence-corrected chi connectivity index (χ3v) is 6.87. The average Bonchev–Trinajstić information content (AvgIpc) is 3.60. The van der Waals surface area contributed by atoms with Gasteiger partial charge < -0.3 is 31.5 Å². The fourth-order valence-electron chi connectivity index (χ4n) is 4.91. The average molecular weight is 525 g/mol. The second-order valence-electron chi connectivity index (χ2n) is 9.65. The number of amides is 2. The maximum Gasteiger partial charge on any atom is 0.326 e. The normalized spacial score (nSPS) is 20.3. The SMILES string of the molecule is NC(Cc1ccccc1)C(=O)N1CCCC1C(=O)O.NC(Cc1ccccc1)C(=O)N1CCCC1C(=O)O. The second-order valence-corrected chi connectivity index (χ2v) is 9.65. The van der Waals surface area contributed by atoms with Crippen LogP contribution in [0.1, 0.15) is 36.8 Å². The summed E-state index contributed by atoms with van der Waals surface area (Å²) in [7, 11) is 0. The molecule has 0 bridgehead atoms. The Morgan fingerprint density at radius 2 is 1.03 bits per heavy atom. The van der Waals surface area contributed by atoms with Crippen LogP contribution in [0, 0.1) is 0 Å². The molecular weight excluding hydrogens is 488 g/mol. The Labute approximate surface area is 222 Å². The summed E-state index contributed by atoms with van der Waals surface area (Å²) in [5, 5.41) is 18.1. The van der Waals surface area contributed by atoms with E-state index in [-0.39, 0.29) is 11.8 Å². The molecular formula is C28H36N4O6. The fraction of sp³-hybridized carbons (Fsp3) is 0.429. The van der Waals surface area contributed by atoms with E-state index in [0.717, 1.165) is 24.0 Å². The van der Waals surface area contributed by atoms with Crippen molar-refractivity contribution < 1.29 is 29.4 Å². The van der Waals surface area contributed by atoms with Gasteiger partial charge in [0, 0.05) is 13.1 Å². The quantitative estimate of drug-likeness (QED) is 0.400. The Morgan fingerprint density at radius 1 is 0.684 bits per heavy atom. The van der Waals surface area contributed by atoms with Gasteiger partial charge in [0.15, 0.2) is 0 Å². The first-order chi connectivity index (χ1) is 18.2. The molecule has 0 radical (unpaired) electrons. The van der Waals surface area contributed by atoms with Crippen LogP contribution in [0.15, 0.2) is 60.7 Å². The van der Waals surface area contributed by atoms with Crippen molar-refractivity contribution >= 4 is 23.8 Å². The summed E-state index contributed by atoms with van der Waals surface area (Å²) in [6.45, 7) is 0.969. The molecule has 2 aliphatic heterocycles. The lowest BCUT2D eigenvalue weighted by Crippen LogP contribution is -2.49. The van der Waals surface area contributed by atoms with Crippen molar-refractivity contribution in [2.75, 3.05) is 13.1 Å². The van der Waals surface area contributed by atoms with Crippen molar-refractivity contribution in [2.24, 2.45) is 11.5 Å². The van der Waals surface area contributed by atoms with Gasteiger partial charge >= 0.3 is 11.9 Å². The summed E-state index contributed by atoms with van der Waals surface area (Å²) in [5.41, 5.74) is 13.8. The molecule has 204 valence electrons. The van der Waals surface area contributed by atoms with Gasteiger partial charge in [-0.25, -0.2) is 9.59 Å². The Bertz CT molecular complexity index is 1010. The lowest BCUT2D eigenvalue weighted by atomic mass is 10.1. The summed E-state index contributed by atoms with van der Waals surface area (Å²) < 4.78 is 0. The number of rotatable bonds is 8. The predicted molar refractivity (Wildman–Crippen MR) is 141 cm³/mol. The summed E-state index contributed by atoms with van der Waals surface area (Å²) in [5.74, 6) is -2.43. The van der Waals surface area contributed by atoms with Crippen LogP contribution in [0.4, 0.5) is 0 Å². The molecule has 4 atom stereocenters. The lowest BCUT2D eigenvalue weighted by molar-refractivity contribution is -0.148. The molecule has 2 aromatic rings. The van der Waals surface area contributed by atoms with Crippen molar-refractivity contribution in [2.45, 2.75) is 62.7 Å². The smallest absolute Gasteiger partial charge is 0.326 e. The Kier molecular flexibility index (Phi) is 10.4. The number of nitrogens with zero attached hydrogens (tertiary/aromatic N) is 2. The molecule has 2 aliphatic rings. The minimum Gasteiger partial charge on any atom is -0.480 e. The topological polar surface area (TPSA) is 167 Å². The number of carbonyl (C=O) groups is 4.